The summed E-state index contributed by atoms with van der Waals surface area (Å²) in [5.41, 5.74) is 3.98. The molecule has 12 heteroatoms. The van der Waals surface area contributed by atoms with Crippen LogP contribution in [-0.2, 0) is 33.1 Å². The highest BCUT2D eigenvalue weighted by molar-refractivity contribution is 4.89. The first-order valence-corrected chi connectivity index (χ1v) is 10.8. The van der Waals surface area contributed by atoms with Crippen molar-refractivity contribution in [2.75, 3.05) is 0 Å². The van der Waals surface area contributed by atoms with Gasteiger partial charge in [0.05, 0.1) is 22.8 Å². The Kier molecular flexibility index (Phi) is 20.6. The standard InChI is InChI=1S/4C5H9N3.3CH4/c1-3-5-4-8(2)7-6-5;3*1-3-8-4-5(2)6-7-8;;;/h4*4H,3H2,1-2H3;3*1H4. The van der Waals surface area contributed by atoms with Crippen molar-refractivity contribution in [1.82, 2.24) is 60.0 Å². The molecular weight excluding hydrogens is 444 g/mol. The molecule has 0 spiro atoms. The second kappa shape index (κ2) is 20.0. The molecule has 4 aromatic rings. The van der Waals surface area contributed by atoms with Gasteiger partial charge in [-0.25, -0.2) is 0 Å². The van der Waals surface area contributed by atoms with Gasteiger partial charge in [0.15, 0.2) is 0 Å². The largest absolute Gasteiger partial charge is 0.255 e. The Bertz CT molecular complexity index is 835. The molecule has 0 saturated heterocycles. The first-order chi connectivity index (χ1) is 15.3. The maximum absolute atomic E-state index is 3.85. The van der Waals surface area contributed by atoms with E-state index in [-0.39, 0.29) is 22.3 Å². The molecule has 0 bridgehead atoms. The second-order valence-electron chi connectivity index (χ2n) is 6.88. The molecule has 35 heavy (non-hydrogen) atoms. The van der Waals surface area contributed by atoms with Gasteiger partial charge in [0.2, 0.25) is 0 Å². The van der Waals surface area contributed by atoms with Gasteiger partial charge in [-0.15, -0.1) is 20.4 Å². The van der Waals surface area contributed by atoms with E-state index in [1.807, 2.05) is 73.4 Å². The summed E-state index contributed by atoms with van der Waals surface area (Å²) in [4.78, 5) is 0. The highest BCUT2D eigenvalue weighted by Gasteiger charge is 1.91. The number of aryl methyl sites for hydroxylation is 8. The van der Waals surface area contributed by atoms with Crippen LogP contribution in [0.1, 0.15) is 72.8 Å². The summed E-state index contributed by atoms with van der Waals surface area (Å²) in [5.74, 6) is 0. The first kappa shape index (κ1) is 36.1. The third kappa shape index (κ3) is 15.2. The molecule has 0 N–H and O–H groups in total. The maximum atomic E-state index is 3.85. The Balaban J connectivity index is -0.000000379. The van der Waals surface area contributed by atoms with Crippen molar-refractivity contribution in [3.8, 4) is 0 Å². The van der Waals surface area contributed by atoms with Crippen LogP contribution in [0.15, 0.2) is 24.8 Å². The van der Waals surface area contributed by atoms with Crippen molar-refractivity contribution in [2.24, 2.45) is 7.05 Å². The SMILES string of the molecule is C.C.C.CCc1cn(C)nn1.CCn1cc(C)nn1.CCn1cc(C)nn1.CCn1cc(C)nn1. The van der Waals surface area contributed by atoms with E-state index in [1.54, 1.807) is 18.7 Å². The fraction of sp³-hybridized carbons (Fsp3) is 0.652. The van der Waals surface area contributed by atoms with Crippen molar-refractivity contribution in [3.05, 3.63) is 47.6 Å². The number of hydrogen-bond donors (Lipinski definition) is 0. The van der Waals surface area contributed by atoms with Crippen molar-refractivity contribution < 1.29 is 0 Å². The molecule has 200 valence electrons. The Hall–Kier alpha value is -3.44. The van der Waals surface area contributed by atoms with Crippen molar-refractivity contribution >= 4 is 0 Å². The second-order valence-corrected chi connectivity index (χ2v) is 6.88. The van der Waals surface area contributed by atoms with Crippen LogP contribution in [0.5, 0.6) is 0 Å². The molecular formula is C23H48N12. The lowest BCUT2D eigenvalue weighted by Crippen LogP contribution is -1.93. The molecule has 4 heterocycles. The van der Waals surface area contributed by atoms with E-state index in [4.69, 9.17) is 0 Å². The Morgan fingerprint density at radius 2 is 0.886 bits per heavy atom. The first-order valence-electron chi connectivity index (χ1n) is 10.8. The molecule has 12 nitrogen and oxygen atoms in total. The van der Waals surface area contributed by atoms with Gasteiger partial charge < -0.3 is 0 Å². The summed E-state index contributed by atoms with van der Waals surface area (Å²) in [7, 11) is 1.87. The molecule has 0 unspecified atom stereocenters. The lowest BCUT2D eigenvalue weighted by molar-refractivity contribution is 0.626. The Morgan fingerprint density at radius 3 is 1.00 bits per heavy atom. The number of hydrogen-bond acceptors (Lipinski definition) is 8. The molecule has 0 aromatic carbocycles. The average Bonchev–Trinajstić information content (AvgIpc) is 3.58. The molecule has 0 aliphatic heterocycles. The summed E-state index contributed by atoms with van der Waals surface area (Å²) in [6.07, 6.45) is 8.63. The predicted molar refractivity (Wildman–Crippen MR) is 142 cm³/mol. The minimum Gasteiger partial charge on any atom is -0.255 e. The quantitative estimate of drug-likeness (QED) is 0.417. The van der Waals surface area contributed by atoms with Crippen LogP contribution in [0.4, 0.5) is 0 Å². The van der Waals surface area contributed by atoms with Gasteiger partial charge in [0.1, 0.15) is 0 Å². The van der Waals surface area contributed by atoms with Crippen molar-refractivity contribution in [2.45, 2.75) is 96.8 Å². The lowest BCUT2D eigenvalue weighted by Gasteiger charge is -1.85. The van der Waals surface area contributed by atoms with Gasteiger partial charge in [-0.2, -0.15) is 0 Å². The molecule has 0 amide bonds. The van der Waals surface area contributed by atoms with Crippen LogP contribution in [0.25, 0.3) is 0 Å². The van der Waals surface area contributed by atoms with Crippen molar-refractivity contribution in [3.63, 3.8) is 0 Å². The number of rotatable bonds is 4. The maximum Gasteiger partial charge on any atom is 0.0824 e. The van der Waals surface area contributed by atoms with E-state index < -0.39 is 0 Å². The normalized spacial score (nSPS) is 8.91. The lowest BCUT2D eigenvalue weighted by atomic mass is 10.4. The van der Waals surface area contributed by atoms with E-state index in [9.17, 15) is 0 Å². The zero-order chi connectivity index (χ0) is 23.9. The smallest absolute Gasteiger partial charge is 0.0824 e. The third-order valence-electron chi connectivity index (χ3n) is 3.94. The molecule has 0 aliphatic rings. The van der Waals surface area contributed by atoms with E-state index in [0.717, 1.165) is 48.8 Å². The summed E-state index contributed by atoms with van der Waals surface area (Å²) in [5, 5.41) is 30.4. The van der Waals surface area contributed by atoms with E-state index >= 15 is 0 Å². The summed E-state index contributed by atoms with van der Waals surface area (Å²) < 4.78 is 7.11. The Morgan fingerprint density at radius 1 is 0.543 bits per heavy atom. The zero-order valence-corrected chi connectivity index (χ0v) is 20.5. The molecule has 4 aromatic heterocycles. The van der Waals surface area contributed by atoms with Crippen LogP contribution in [0.2, 0.25) is 0 Å². The van der Waals surface area contributed by atoms with Crippen LogP contribution in [0, 0.1) is 20.8 Å². The Labute approximate surface area is 211 Å². The van der Waals surface area contributed by atoms with Gasteiger partial charge >= 0.3 is 0 Å². The highest BCUT2D eigenvalue weighted by Crippen LogP contribution is 1.89. The summed E-state index contributed by atoms with van der Waals surface area (Å²) >= 11 is 0. The summed E-state index contributed by atoms with van der Waals surface area (Å²) in [6, 6.07) is 0. The topological polar surface area (TPSA) is 123 Å². The van der Waals surface area contributed by atoms with Gasteiger partial charge in [-0.05, 0) is 48.0 Å². The van der Waals surface area contributed by atoms with E-state index in [2.05, 4.69) is 48.2 Å². The molecule has 0 fully saturated rings. The number of aromatic nitrogens is 12. The molecule has 4 rings (SSSR count). The van der Waals surface area contributed by atoms with Gasteiger partial charge in [-0.3, -0.25) is 18.7 Å². The van der Waals surface area contributed by atoms with Crippen LogP contribution >= 0.6 is 0 Å². The fourth-order valence-corrected chi connectivity index (χ4v) is 2.21. The molecule has 0 saturated carbocycles. The summed E-state index contributed by atoms with van der Waals surface area (Å²) in [6.45, 7) is 16.7. The van der Waals surface area contributed by atoms with Crippen LogP contribution in [-0.4, -0.2) is 60.0 Å². The minimum atomic E-state index is 0. The number of nitrogens with zero attached hydrogens (tertiary/aromatic N) is 12. The van der Waals surface area contributed by atoms with Crippen molar-refractivity contribution in [1.29, 1.82) is 0 Å². The van der Waals surface area contributed by atoms with Gasteiger partial charge in [0, 0.05) is 51.5 Å². The minimum absolute atomic E-state index is 0. The van der Waals surface area contributed by atoms with E-state index in [1.165, 1.54) is 0 Å². The monoisotopic (exact) mass is 492 g/mol. The third-order valence-corrected chi connectivity index (χ3v) is 3.94. The van der Waals surface area contributed by atoms with Crippen LogP contribution < -0.4 is 0 Å². The molecule has 0 atom stereocenters. The van der Waals surface area contributed by atoms with Gasteiger partial charge in [0.25, 0.3) is 0 Å². The molecule has 0 radical (unpaired) electrons. The fourth-order valence-electron chi connectivity index (χ4n) is 2.21. The average molecular weight is 493 g/mol. The zero-order valence-electron chi connectivity index (χ0n) is 20.5. The van der Waals surface area contributed by atoms with Crippen LogP contribution in [0.3, 0.4) is 0 Å². The highest BCUT2D eigenvalue weighted by atomic mass is 15.4. The predicted octanol–water partition coefficient (Wildman–Crippen LogP) is 4.11. The molecule has 0 aliphatic carbocycles. The van der Waals surface area contributed by atoms with E-state index in [0.29, 0.717) is 0 Å². The van der Waals surface area contributed by atoms with Gasteiger partial charge in [-0.1, -0.05) is 50.1 Å².